The summed E-state index contributed by atoms with van der Waals surface area (Å²) >= 11 is 0. The first kappa shape index (κ1) is 11.9. The van der Waals surface area contributed by atoms with E-state index in [0.29, 0.717) is 0 Å². The summed E-state index contributed by atoms with van der Waals surface area (Å²) in [7, 11) is 1.77. The van der Waals surface area contributed by atoms with Crippen LogP contribution in [-0.4, -0.2) is 38.3 Å². The van der Waals surface area contributed by atoms with Gasteiger partial charge < -0.3 is 9.64 Å². The van der Waals surface area contributed by atoms with Gasteiger partial charge in [0, 0.05) is 26.1 Å². The van der Waals surface area contributed by atoms with Gasteiger partial charge in [-0.25, -0.2) is 0 Å². The van der Waals surface area contributed by atoms with Gasteiger partial charge in [0.25, 0.3) is 0 Å². The number of likely N-dealkylation sites (tertiary alicyclic amines) is 1. The van der Waals surface area contributed by atoms with E-state index >= 15 is 0 Å². The Hall–Kier alpha value is -0.0800. The summed E-state index contributed by atoms with van der Waals surface area (Å²) in [6, 6.07) is 0. The van der Waals surface area contributed by atoms with Gasteiger partial charge in [-0.15, -0.1) is 0 Å². The number of rotatable bonds is 3. The van der Waals surface area contributed by atoms with Crippen LogP contribution in [0.1, 0.15) is 27.2 Å². The summed E-state index contributed by atoms with van der Waals surface area (Å²) < 4.78 is 5.01. The van der Waals surface area contributed by atoms with Crippen LogP contribution in [0.3, 0.4) is 0 Å². The molecule has 0 unspecified atom stereocenters. The zero-order chi connectivity index (χ0) is 9.40. The van der Waals surface area contributed by atoms with Gasteiger partial charge in [-0.05, 0) is 6.54 Å². The minimum absolute atomic E-state index is 0.815. The lowest BCUT2D eigenvalue weighted by Gasteiger charge is -2.37. The molecule has 0 saturated carbocycles. The first-order valence-corrected chi connectivity index (χ1v) is 4.99. The molecule has 1 aliphatic rings. The largest absolute Gasteiger partial charge is 0.384 e. The molecule has 0 bridgehead atoms. The minimum atomic E-state index is 0.815. The van der Waals surface area contributed by atoms with Crippen molar-refractivity contribution in [3.05, 3.63) is 0 Å². The topological polar surface area (TPSA) is 12.5 Å². The maximum atomic E-state index is 5.01. The molecule has 0 aliphatic carbocycles. The van der Waals surface area contributed by atoms with Crippen LogP contribution in [0.4, 0.5) is 0 Å². The molecule has 1 aliphatic heterocycles. The second kappa shape index (κ2) is 7.56. The van der Waals surface area contributed by atoms with E-state index in [-0.39, 0.29) is 0 Å². The molecule has 1 heterocycles. The Morgan fingerprint density at radius 3 is 2.08 bits per heavy atom. The van der Waals surface area contributed by atoms with Crippen molar-refractivity contribution >= 4 is 0 Å². The second-order valence-corrected chi connectivity index (χ2v) is 3.38. The lowest BCUT2D eigenvalue weighted by Crippen LogP contribution is -2.48. The van der Waals surface area contributed by atoms with Gasteiger partial charge in [-0.3, -0.25) is 0 Å². The zero-order valence-corrected chi connectivity index (χ0v) is 8.97. The van der Waals surface area contributed by atoms with E-state index in [1.165, 1.54) is 26.1 Å². The first-order valence-electron chi connectivity index (χ1n) is 4.99. The van der Waals surface area contributed by atoms with Crippen molar-refractivity contribution < 1.29 is 4.74 Å². The molecule has 1 fully saturated rings. The Kier molecular flexibility index (Phi) is 7.51. The highest BCUT2D eigenvalue weighted by Gasteiger charge is 2.24. The SMILES string of the molecule is CCC.CCN1CC(COC)C1. The molecule has 74 valence electrons. The standard InChI is InChI=1S/C7H15NO.C3H8/c1-3-8-4-7(5-8)6-9-2;1-3-2/h7H,3-6H2,1-2H3;3H2,1-2H3. The van der Waals surface area contributed by atoms with Gasteiger partial charge in [0.1, 0.15) is 0 Å². The highest BCUT2D eigenvalue weighted by molar-refractivity contribution is 4.77. The molecule has 0 aromatic rings. The summed E-state index contributed by atoms with van der Waals surface area (Å²) in [6.45, 7) is 11.1. The third-order valence-corrected chi connectivity index (χ3v) is 1.88. The Labute approximate surface area is 76.9 Å². The van der Waals surface area contributed by atoms with Crippen molar-refractivity contribution in [2.45, 2.75) is 27.2 Å². The summed E-state index contributed by atoms with van der Waals surface area (Å²) in [5, 5.41) is 0. The van der Waals surface area contributed by atoms with Gasteiger partial charge in [-0.1, -0.05) is 27.2 Å². The Morgan fingerprint density at radius 2 is 1.75 bits per heavy atom. The lowest BCUT2D eigenvalue weighted by molar-refractivity contribution is 0.0380. The summed E-state index contributed by atoms with van der Waals surface area (Å²) in [5.74, 6) is 0.815. The smallest absolute Gasteiger partial charge is 0.0515 e. The lowest BCUT2D eigenvalue weighted by atomic mass is 10.0. The average Bonchev–Trinajstić information content (AvgIpc) is 1.97. The van der Waals surface area contributed by atoms with E-state index in [0.717, 1.165) is 12.5 Å². The number of methoxy groups -OCH3 is 1. The fourth-order valence-corrected chi connectivity index (χ4v) is 1.28. The van der Waals surface area contributed by atoms with E-state index in [9.17, 15) is 0 Å². The summed E-state index contributed by atoms with van der Waals surface area (Å²) in [6.07, 6.45) is 1.25. The van der Waals surface area contributed by atoms with Crippen LogP contribution >= 0.6 is 0 Å². The fraction of sp³-hybridized carbons (Fsp3) is 1.00. The minimum Gasteiger partial charge on any atom is -0.384 e. The predicted octanol–water partition coefficient (Wildman–Crippen LogP) is 2.00. The van der Waals surface area contributed by atoms with Crippen LogP contribution < -0.4 is 0 Å². The highest BCUT2D eigenvalue weighted by Crippen LogP contribution is 2.13. The molecular weight excluding hydrogens is 150 g/mol. The summed E-state index contributed by atoms with van der Waals surface area (Å²) in [4.78, 5) is 2.42. The van der Waals surface area contributed by atoms with Crippen LogP contribution in [0.2, 0.25) is 0 Å². The van der Waals surface area contributed by atoms with Crippen LogP contribution in [0.15, 0.2) is 0 Å². The molecule has 2 nitrogen and oxygen atoms in total. The molecule has 0 aromatic heterocycles. The second-order valence-electron chi connectivity index (χ2n) is 3.38. The van der Waals surface area contributed by atoms with Crippen molar-refractivity contribution in [1.82, 2.24) is 4.90 Å². The van der Waals surface area contributed by atoms with Gasteiger partial charge >= 0.3 is 0 Å². The third-order valence-electron chi connectivity index (χ3n) is 1.88. The monoisotopic (exact) mass is 173 g/mol. The molecule has 0 amide bonds. The molecule has 2 heteroatoms. The number of nitrogens with zero attached hydrogens (tertiary/aromatic N) is 1. The molecule has 0 radical (unpaired) electrons. The van der Waals surface area contributed by atoms with Crippen LogP contribution in [-0.2, 0) is 4.74 Å². The normalized spacial score (nSPS) is 18.0. The van der Waals surface area contributed by atoms with Crippen molar-refractivity contribution in [2.24, 2.45) is 5.92 Å². The molecule has 0 atom stereocenters. The van der Waals surface area contributed by atoms with Crippen LogP contribution in [0.25, 0.3) is 0 Å². The van der Waals surface area contributed by atoms with Crippen molar-refractivity contribution in [3.8, 4) is 0 Å². The van der Waals surface area contributed by atoms with Crippen molar-refractivity contribution in [3.63, 3.8) is 0 Å². The Bertz CT molecular complexity index is 89.8. The molecule has 1 rings (SSSR count). The first-order chi connectivity index (χ1) is 5.78. The highest BCUT2D eigenvalue weighted by atomic mass is 16.5. The van der Waals surface area contributed by atoms with E-state index in [1.54, 1.807) is 7.11 Å². The van der Waals surface area contributed by atoms with E-state index in [2.05, 4.69) is 25.7 Å². The summed E-state index contributed by atoms with van der Waals surface area (Å²) in [5.41, 5.74) is 0. The molecule has 0 aromatic carbocycles. The molecule has 12 heavy (non-hydrogen) atoms. The van der Waals surface area contributed by atoms with Crippen LogP contribution in [0.5, 0.6) is 0 Å². The molecule has 1 saturated heterocycles. The van der Waals surface area contributed by atoms with E-state index < -0.39 is 0 Å². The maximum Gasteiger partial charge on any atom is 0.0515 e. The fourth-order valence-electron chi connectivity index (χ4n) is 1.28. The van der Waals surface area contributed by atoms with Gasteiger partial charge in [0.15, 0.2) is 0 Å². The average molecular weight is 173 g/mol. The number of ether oxygens (including phenoxy) is 1. The predicted molar refractivity (Wildman–Crippen MR) is 53.4 cm³/mol. The van der Waals surface area contributed by atoms with Gasteiger partial charge in [0.2, 0.25) is 0 Å². The van der Waals surface area contributed by atoms with Crippen LogP contribution in [0, 0.1) is 5.92 Å². The van der Waals surface area contributed by atoms with Gasteiger partial charge in [-0.2, -0.15) is 0 Å². The van der Waals surface area contributed by atoms with Crippen molar-refractivity contribution in [1.29, 1.82) is 0 Å². The molecule has 0 spiro atoms. The molecule has 0 N–H and O–H groups in total. The zero-order valence-electron chi connectivity index (χ0n) is 8.97. The maximum absolute atomic E-state index is 5.01. The van der Waals surface area contributed by atoms with Crippen molar-refractivity contribution in [2.75, 3.05) is 33.4 Å². The number of hydrogen-bond acceptors (Lipinski definition) is 2. The number of hydrogen-bond donors (Lipinski definition) is 0. The third kappa shape index (κ3) is 4.73. The quantitative estimate of drug-likeness (QED) is 0.647. The molecular formula is C10H23NO. The Balaban J connectivity index is 0.000000354. The van der Waals surface area contributed by atoms with E-state index in [1.807, 2.05) is 0 Å². The van der Waals surface area contributed by atoms with Gasteiger partial charge in [0.05, 0.1) is 6.61 Å². The van der Waals surface area contributed by atoms with E-state index in [4.69, 9.17) is 4.74 Å². The Morgan fingerprint density at radius 1 is 1.25 bits per heavy atom.